The van der Waals surface area contributed by atoms with E-state index in [-0.39, 0.29) is 17.7 Å². The van der Waals surface area contributed by atoms with E-state index >= 15 is 0 Å². The highest BCUT2D eigenvalue weighted by Gasteiger charge is 2.27. The third-order valence-electron chi connectivity index (χ3n) is 3.43. The highest BCUT2D eigenvalue weighted by atomic mass is 16.2. The van der Waals surface area contributed by atoms with E-state index in [9.17, 15) is 9.59 Å². The first-order chi connectivity index (χ1) is 8.95. The number of likely N-dealkylation sites (N-methyl/N-ethyl adjacent to an activating group) is 1. The Bertz CT molecular complexity index is 312. The molecule has 0 aromatic carbocycles. The Hall–Kier alpha value is -1.14. The second kappa shape index (κ2) is 7.45. The first-order valence-electron chi connectivity index (χ1n) is 6.99. The predicted molar refractivity (Wildman–Crippen MR) is 74.5 cm³/mol. The van der Waals surface area contributed by atoms with Crippen LogP contribution in [0, 0.1) is 5.92 Å². The standard InChI is InChI=1S/C13H26N4O2/c1-4-15-11(18)9-16-5-7-17(8-6-16)13(19)12(14)10(2)3/h10,12H,4-9,14H2,1-3H3,(H,15,18)/t12-/m1/s1. The summed E-state index contributed by atoms with van der Waals surface area (Å²) in [6.45, 7) is 9.63. The number of hydrogen-bond acceptors (Lipinski definition) is 4. The van der Waals surface area contributed by atoms with Gasteiger partial charge in [0.05, 0.1) is 12.6 Å². The molecule has 1 heterocycles. The molecule has 1 saturated heterocycles. The molecule has 0 aromatic heterocycles. The van der Waals surface area contributed by atoms with Gasteiger partial charge in [-0.3, -0.25) is 14.5 Å². The molecule has 3 N–H and O–H groups in total. The number of hydrogen-bond donors (Lipinski definition) is 2. The van der Waals surface area contributed by atoms with E-state index in [2.05, 4.69) is 10.2 Å². The summed E-state index contributed by atoms with van der Waals surface area (Å²) in [5.41, 5.74) is 5.88. The topological polar surface area (TPSA) is 78.7 Å². The van der Waals surface area contributed by atoms with Gasteiger partial charge in [-0.2, -0.15) is 0 Å². The number of nitrogens with zero attached hydrogens (tertiary/aromatic N) is 2. The summed E-state index contributed by atoms with van der Waals surface area (Å²) in [6.07, 6.45) is 0. The third kappa shape index (κ3) is 4.80. The average Bonchev–Trinajstić information content (AvgIpc) is 2.38. The van der Waals surface area contributed by atoms with Crippen LogP contribution in [-0.4, -0.2) is 66.9 Å². The van der Waals surface area contributed by atoms with Crippen molar-refractivity contribution in [2.24, 2.45) is 11.7 Å². The average molecular weight is 270 g/mol. The van der Waals surface area contributed by atoms with Crippen molar-refractivity contribution in [3.8, 4) is 0 Å². The van der Waals surface area contributed by atoms with Crippen molar-refractivity contribution in [2.75, 3.05) is 39.3 Å². The van der Waals surface area contributed by atoms with Crippen LogP contribution in [0.25, 0.3) is 0 Å². The molecule has 0 radical (unpaired) electrons. The Labute approximate surface area is 115 Å². The Morgan fingerprint density at radius 3 is 2.26 bits per heavy atom. The lowest BCUT2D eigenvalue weighted by Gasteiger charge is -2.36. The molecule has 2 amide bonds. The Morgan fingerprint density at radius 2 is 1.79 bits per heavy atom. The van der Waals surface area contributed by atoms with Gasteiger partial charge in [0.1, 0.15) is 0 Å². The van der Waals surface area contributed by atoms with Crippen LogP contribution < -0.4 is 11.1 Å². The van der Waals surface area contributed by atoms with E-state index in [4.69, 9.17) is 5.73 Å². The zero-order valence-corrected chi connectivity index (χ0v) is 12.2. The van der Waals surface area contributed by atoms with Gasteiger partial charge in [-0.1, -0.05) is 13.8 Å². The fourth-order valence-corrected chi connectivity index (χ4v) is 2.08. The molecular weight excluding hydrogens is 244 g/mol. The molecule has 0 unspecified atom stereocenters. The first-order valence-corrected chi connectivity index (χ1v) is 6.99. The number of rotatable bonds is 5. The SMILES string of the molecule is CCNC(=O)CN1CCN(C(=O)[C@H](N)C(C)C)CC1. The van der Waals surface area contributed by atoms with Crippen LogP contribution in [0.15, 0.2) is 0 Å². The fourth-order valence-electron chi connectivity index (χ4n) is 2.08. The van der Waals surface area contributed by atoms with Crippen LogP contribution in [0.4, 0.5) is 0 Å². The summed E-state index contributed by atoms with van der Waals surface area (Å²) < 4.78 is 0. The van der Waals surface area contributed by atoms with Gasteiger partial charge in [-0.25, -0.2) is 0 Å². The molecule has 1 rings (SSSR count). The molecule has 0 spiro atoms. The number of amides is 2. The van der Waals surface area contributed by atoms with E-state index in [0.717, 1.165) is 13.1 Å². The molecule has 1 aliphatic heterocycles. The normalized spacial score (nSPS) is 18.5. The fraction of sp³-hybridized carbons (Fsp3) is 0.846. The van der Waals surface area contributed by atoms with Crippen molar-refractivity contribution in [1.82, 2.24) is 15.1 Å². The number of carbonyl (C=O) groups excluding carboxylic acids is 2. The summed E-state index contributed by atoms with van der Waals surface area (Å²) in [7, 11) is 0. The van der Waals surface area contributed by atoms with Crippen molar-refractivity contribution >= 4 is 11.8 Å². The van der Waals surface area contributed by atoms with Crippen LogP contribution in [0.3, 0.4) is 0 Å². The van der Waals surface area contributed by atoms with Gasteiger partial charge in [-0.15, -0.1) is 0 Å². The minimum absolute atomic E-state index is 0.0210. The maximum absolute atomic E-state index is 12.1. The first kappa shape index (κ1) is 15.9. The van der Waals surface area contributed by atoms with Crippen molar-refractivity contribution in [3.63, 3.8) is 0 Å². The van der Waals surface area contributed by atoms with E-state index in [1.165, 1.54) is 0 Å². The number of nitrogens with two attached hydrogens (primary N) is 1. The number of piperazine rings is 1. The molecule has 6 nitrogen and oxygen atoms in total. The monoisotopic (exact) mass is 270 g/mol. The van der Waals surface area contributed by atoms with E-state index in [0.29, 0.717) is 26.2 Å². The second-order valence-electron chi connectivity index (χ2n) is 5.32. The van der Waals surface area contributed by atoms with Crippen molar-refractivity contribution in [2.45, 2.75) is 26.8 Å². The molecule has 0 bridgehead atoms. The van der Waals surface area contributed by atoms with Crippen LogP contribution in [0.5, 0.6) is 0 Å². The highest BCUT2D eigenvalue weighted by Crippen LogP contribution is 2.07. The Balaban J connectivity index is 2.36. The molecule has 6 heteroatoms. The van der Waals surface area contributed by atoms with Gasteiger partial charge in [0, 0.05) is 32.7 Å². The van der Waals surface area contributed by atoms with Crippen molar-refractivity contribution in [1.29, 1.82) is 0 Å². The predicted octanol–water partition coefficient (Wildman–Crippen LogP) is -0.750. The van der Waals surface area contributed by atoms with Gasteiger partial charge in [0.15, 0.2) is 0 Å². The molecule has 110 valence electrons. The van der Waals surface area contributed by atoms with Crippen LogP contribution >= 0.6 is 0 Å². The van der Waals surface area contributed by atoms with Gasteiger partial charge in [0.25, 0.3) is 0 Å². The lowest BCUT2D eigenvalue weighted by Crippen LogP contribution is -2.55. The van der Waals surface area contributed by atoms with Gasteiger partial charge < -0.3 is 16.0 Å². The third-order valence-corrected chi connectivity index (χ3v) is 3.43. The molecule has 0 saturated carbocycles. The molecular formula is C13H26N4O2. The lowest BCUT2D eigenvalue weighted by atomic mass is 10.0. The molecule has 1 aliphatic rings. The van der Waals surface area contributed by atoms with E-state index < -0.39 is 6.04 Å². The number of nitrogens with one attached hydrogen (secondary N) is 1. The summed E-state index contributed by atoms with van der Waals surface area (Å²) in [4.78, 5) is 27.4. The molecule has 0 aromatic rings. The zero-order chi connectivity index (χ0) is 14.4. The summed E-state index contributed by atoms with van der Waals surface area (Å²) in [5.74, 6) is 0.217. The quantitative estimate of drug-likeness (QED) is 0.689. The van der Waals surface area contributed by atoms with Crippen molar-refractivity contribution < 1.29 is 9.59 Å². The van der Waals surface area contributed by atoms with Crippen LogP contribution in [-0.2, 0) is 9.59 Å². The minimum Gasteiger partial charge on any atom is -0.355 e. The highest BCUT2D eigenvalue weighted by molar-refractivity contribution is 5.82. The maximum Gasteiger partial charge on any atom is 0.239 e. The Morgan fingerprint density at radius 1 is 1.21 bits per heavy atom. The summed E-state index contributed by atoms with van der Waals surface area (Å²) >= 11 is 0. The smallest absolute Gasteiger partial charge is 0.239 e. The molecule has 0 aliphatic carbocycles. The van der Waals surface area contributed by atoms with Crippen molar-refractivity contribution in [3.05, 3.63) is 0 Å². The molecule has 1 fully saturated rings. The second-order valence-corrected chi connectivity index (χ2v) is 5.32. The van der Waals surface area contributed by atoms with E-state index in [1.807, 2.05) is 20.8 Å². The van der Waals surface area contributed by atoms with Gasteiger partial charge in [0.2, 0.25) is 11.8 Å². The van der Waals surface area contributed by atoms with Gasteiger partial charge in [-0.05, 0) is 12.8 Å². The summed E-state index contributed by atoms with van der Waals surface area (Å²) in [6, 6.07) is -0.421. The largest absolute Gasteiger partial charge is 0.355 e. The summed E-state index contributed by atoms with van der Waals surface area (Å²) in [5, 5.41) is 2.78. The number of carbonyl (C=O) groups is 2. The lowest BCUT2D eigenvalue weighted by molar-refractivity contribution is -0.135. The van der Waals surface area contributed by atoms with Crippen LogP contribution in [0.1, 0.15) is 20.8 Å². The van der Waals surface area contributed by atoms with E-state index in [1.54, 1.807) is 4.90 Å². The minimum atomic E-state index is -0.421. The molecule has 19 heavy (non-hydrogen) atoms. The zero-order valence-electron chi connectivity index (χ0n) is 12.2. The molecule has 1 atom stereocenters. The Kier molecular flexibility index (Phi) is 6.24. The van der Waals surface area contributed by atoms with Gasteiger partial charge >= 0.3 is 0 Å². The maximum atomic E-state index is 12.1. The van der Waals surface area contributed by atoms with Crippen LogP contribution in [0.2, 0.25) is 0 Å².